The van der Waals surface area contributed by atoms with Gasteiger partial charge in [0.2, 0.25) is 0 Å². The molecule has 0 saturated heterocycles. The molecule has 0 aliphatic rings. The van der Waals surface area contributed by atoms with Crippen LogP contribution in [0.3, 0.4) is 0 Å². The predicted molar refractivity (Wildman–Crippen MR) is 118 cm³/mol. The van der Waals surface area contributed by atoms with Gasteiger partial charge in [-0.1, -0.05) is 18.2 Å². The molecule has 1 aromatic heterocycles. The molecule has 0 aliphatic heterocycles. The van der Waals surface area contributed by atoms with Crippen molar-refractivity contribution in [2.45, 2.75) is 38.6 Å². The monoisotopic (exact) mass is 426 g/mol. The Bertz CT molecular complexity index is 1120. The fourth-order valence-corrected chi connectivity index (χ4v) is 4.66. The summed E-state index contributed by atoms with van der Waals surface area (Å²) in [5.41, 5.74) is 1.77. The number of hydrogen-bond acceptors (Lipinski definition) is 4. The van der Waals surface area contributed by atoms with E-state index in [-0.39, 0.29) is 16.8 Å². The number of nitrogens with zero attached hydrogens (tertiary/aromatic N) is 3. The van der Waals surface area contributed by atoms with E-state index in [2.05, 4.69) is 10.4 Å². The van der Waals surface area contributed by atoms with Crippen molar-refractivity contribution in [3.63, 3.8) is 0 Å². The minimum absolute atomic E-state index is 0.0968. The number of aromatic nitrogens is 2. The highest BCUT2D eigenvalue weighted by molar-refractivity contribution is 7.92. The van der Waals surface area contributed by atoms with Crippen LogP contribution in [0.1, 0.15) is 42.9 Å². The maximum atomic E-state index is 13.1. The number of sulfonamides is 1. The van der Waals surface area contributed by atoms with Gasteiger partial charge in [-0.05, 0) is 64.1 Å². The molecule has 158 valence electrons. The summed E-state index contributed by atoms with van der Waals surface area (Å²) in [6.45, 7) is 7.90. The Labute approximate surface area is 177 Å². The molecular weight excluding hydrogens is 400 g/mol. The Morgan fingerprint density at radius 2 is 1.73 bits per heavy atom. The summed E-state index contributed by atoms with van der Waals surface area (Å²) in [5.74, 6) is 0.279. The molecule has 0 bridgehead atoms. The minimum atomic E-state index is -3.73. The number of anilines is 2. The van der Waals surface area contributed by atoms with Crippen LogP contribution in [-0.4, -0.2) is 30.7 Å². The fraction of sp³-hybridized carbons (Fsp3) is 0.273. The number of hydrogen-bond donors (Lipinski definition) is 1. The molecule has 0 atom stereocenters. The second-order valence-corrected chi connectivity index (χ2v) is 9.06. The summed E-state index contributed by atoms with van der Waals surface area (Å²) in [6, 6.07) is 16.8. The van der Waals surface area contributed by atoms with Crippen molar-refractivity contribution in [3.05, 3.63) is 71.9 Å². The molecule has 0 fully saturated rings. The van der Waals surface area contributed by atoms with E-state index in [9.17, 15) is 13.2 Å². The third-order valence-corrected chi connectivity index (χ3v) is 6.54. The van der Waals surface area contributed by atoms with Crippen LogP contribution in [0.2, 0.25) is 0 Å². The average Bonchev–Trinajstić information content (AvgIpc) is 3.09. The number of para-hydroxylation sites is 1. The Kier molecular flexibility index (Phi) is 6.26. The molecule has 3 aromatic rings. The summed E-state index contributed by atoms with van der Waals surface area (Å²) >= 11 is 0. The van der Waals surface area contributed by atoms with Gasteiger partial charge in [0.25, 0.3) is 15.9 Å². The summed E-state index contributed by atoms with van der Waals surface area (Å²) in [6.07, 6.45) is 0. The molecule has 3 rings (SSSR count). The van der Waals surface area contributed by atoms with E-state index in [1.165, 1.54) is 28.6 Å². The van der Waals surface area contributed by atoms with Gasteiger partial charge in [0.1, 0.15) is 5.82 Å². The number of nitrogens with one attached hydrogen (secondary N) is 1. The topological polar surface area (TPSA) is 84.3 Å². The van der Waals surface area contributed by atoms with Gasteiger partial charge in [0.15, 0.2) is 0 Å². The third kappa shape index (κ3) is 4.38. The van der Waals surface area contributed by atoms with Gasteiger partial charge in [-0.15, -0.1) is 0 Å². The molecule has 0 unspecified atom stereocenters. The van der Waals surface area contributed by atoms with Crippen LogP contribution < -0.4 is 9.62 Å². The number of carbonyl (C=O) groups is 1. The molecule has 1 N–H and O–H groups in total. The Morgan fingerprint density at radius 1 is 1.10 bits per heavy atom. The van der Waals surface area contributed by atoms with Crippen molar-refractivity contribution in [2.24, 2.45) is 0 Å². The van der Waals surface area contributed by atoms with Crippen LogP contribution in [0.15, 0.2) is 65.6 Å². The first-order valence-corrected chi connectivity index (χ1v) is 11.2. The normalized spacial score (nSPS) is 11.5. The predicted octanol–water partition coefficient (Wildman–Crippen LogP) is 4.24. The summed E-state index contributed by atoms with van der Waals surface area (Å²) < 4.78 is 29.2. The van der Waals surface area contributed by atoms with Gasteiger partial charge < -0.3 is 5.32 Å². The maximum absolute atomic E-state index is 13.1. The fourth-order valence-electron chi connectivity index (χ4n) is 3.18. The van der Waals surface area contributed by atoms with E-state index in [4.69, 9.17) is 0 Å². The van der Waals surface area contributed by atoms with E-state index >= 15 is 0 Å². The van der Waals surface area contributed by atoms with Crippen molar-refractivity contribution >= 4 is 27.4 Å². The number of benzene rings is 2. The van der Waals surface area contributed by atoms with E-state index in [1.807, 2.05) is 26.8 Å². The second kappa shape index (κ2) is 8.71. The largest absolute Gasteiger partial charge is 0.307 e. The van der Waals surface area contributed by atoms with E-state index in [1.54, 1.807) is 41.9 Å². The van der Waals surface area contributed by atoms with E-state index in [0.717, 1.165) is 5.69 Å². The van der Waals surface area contributed by atoms with Gasteiger partial charge in [-0.3, -0.25) is 9.10 Å². The quantitative estimate of drug-likeness (QED) is 0.612. The van der Waals surface area contributed by atoms with Crippen LogP contribution in [-0.2, 0) is 10.0 Å². The molecule has 8 heteroatoms. The van der Waals surface area contributed by atoms with Crippen LogP contribution in [0, 0.1) is 6.92 Å². The zero-order valence-electron chi connectivity index (χ0n) is 17.5. The SMILES string of the molecule is CCN(c1ccccc1)S(=O)(=O)c1ccc(C(=O)Nc2cc(C)nn2C(C)C)cc1. The second-order valence-electron chi connectivity index (χ2n) is 7.19. The highest BCUT2D eigenvalue weighted by atomic mass is 32.2. The lowest BCUT2D eigenvalue weighted by Gasteiger charge is -2.23. The van der Waals surface area contributed by atoms with Crippen LogP contribution >= 0.6 is 0 Å². The molecule has 30 heavy (non-hydrogen) atoms. The molecular formula is C22H26N4O3S. The zero-order valence-corrected chi connectivity index (χ0v) is 18.3. The smallest absolute Gasteiger partial charge is 0.264 e. The number of aryl methyl sites for hydroxylation is 1. The van der Waals surface area contributed by atoms with Gasteiger partial charge >= 0.3 is 0 Å². The molecule has 2 aromatic carbocycles. The Balaban J connectivity index is 1.83. The van der Waals surface area contributed by atoms with Crippen LogP contribution in [0.4, 0.5) is 11.5 Å². The van der Waals surface area contributed by atoms with E-state index < -0.39 is 10.0 Å². The zero-order chi connectivity index (χ0) is 21.9. The summed E-state index contributed by atoms with van der Waals surface area (Å²) in [7, 11) is -3.73. The number of rotatable bonds is 7. The third-order valence-electron chi connectivity index (χ3n) is 4.62. The Hall–Kier alpha value is -3.13. The highest BCUT2D eigenvalue weighted by Crippen LogP contribution is 2.24. The van der Waals surface area contributed by atoms with Crippen LogP contribution in [0.25, 0.3) is 0 Å². The van der Waals surface area contributed by atoms with Gasteiger partial charge in [-0.25, -0.2) is 13.1 Å². The lowest BCUT2D eigenvalue weighted by molar-refractivity contribution is 0.102. The lowest BCUT2D eigenvalue weighted by atomic mass is 10.2. The number of amides is 1. The lowest BCUT2D eigenvalue weighted by Crippen LogP contribution is -2.30. The number of carbonyl (C=O) groups excluding carboxylic acids is 1. The Morgan fingerprint density at radius 3 is 2.30 bits per heavy atom. The average molecular weight is 427 g/mol. The molecule has 0 aliphatic carbocycles. The summed E-state index contributed by atoms with van der Waals surface area (Å²) in [5, 5.41) is 7.23. The molecule has 1 amide bonds. The van der Waals surface area contributed by atoms with Crippen molar-refractivity contribution in [2.75, 3.05) is 16.2 Å². The minimum Gasteiger partial charge on any atom is -0.307 e. The molecule has 1 heterocycles. The molecule has 7 nitrogen and oxygen atoms in total. The van der Waals surface area contributed by atoms with Crippen LogP contribution in [0.5, 0.6) is 0 Å². The summed E-state index contributed by atoms with van der Waals surface area (Å²) in [4.78, 5) is 12.8. The van der Waals surface area contributed by atoms with Crippen molar-refractivity contribution < 1.29 is 13.2 Å². The first kappa shape index (κ1) is 21.6. The van der Waals surface area contributed by atoms with Gasteiger partial charge in [0, 0.05) is 24.2 Å². The van der Waals surface area contributed by atoms with Gasteiger partial charge in [-0.2, -0.15) is 5.10 Å². The molecule has 0 saturated carbocycles. The van der Waals surface area contributed by atoms with Gasteiger partial charge in [0.05, 0.1) is 16.3 Å². The van der Waals surface area contributed by atoms with Crippen molar-refractivity contribution in [3.8, 4) is 0 Å². The first-order valence-electron chi connectivity index (χ1n) is 9.79. The van der Waals surface area contributed by atoms with Crippen molar-refractivity contribution in [1.29, 1.82) is 0 Å². The highest BCUT2D eigenvalue weighted by Gasteiger charge is 2.24. The maximum Gasteiger partial charge on any atom is 0.264 e. The molecule has 0 radical (unpaired) electrons. The van der Waals surface area contributed by atoms with Crippen molar-refractivity contribution in [1.82, 2.24) is 9.78 Å². The molecule has 0 spiro atoms. The standard InChI is InChI=1S/C22H26N4O3S/c1-5-25(19-9-7-6-8-10-19)30(28,29)20-13-11-18(12-14-20)22(27)23-21-15-17(4)24-26(21)16(2)3/h6-16H,5H2,1-4H3,(H,23,27). The van der Waals surface area contributed by atoms with E-state index in [0.29, 0.717) is 23.6 Å². The first-order chi connectivity index (χ1) is 14.2.